The molecule has 0 bridgehead atoms. The molecular weight excluding hydrogens is 340 g/mol. The number of carbonyl (C=O) groups excluding carboxylic acids is 1. The second-order valence-corrected chi connectivity index (χ2v) is 7.57. The van der Waals surface area contributed by atoms with Gasteiger partial charge in [-0.1, -0.05) is 0 Å². The summed E-state index contributed by atoms with van der Waals surface area (Å²) in [5.74, 6) is 2.63. The first-order chi connectivity index (χ1) is 13.1. The highest BCUT2D eigenvalue weighted by atomic mass is 16.2. The first-order valence-electron chi connectivity index (χ1n) is 9.96. The highest BCUT2D eigenvalue weighted by Crippen LogP contribution is 2.27. The van der Waals surface area contributed by atoms with Gasteiger partial charge in [0.05, 0.1) is 6.54 Å². The summed E-state index contributed by atoms with van der Waals surface area (Å²) in [6, 6.07) is 0. The van der Waals surface area contributed by atoms with Crippen molar-refractivity contribution in [3.8, 4) is 0 Å². The third kappa shape index (κ3) is 3.88. The largest absolute Gasteiger partial charge is 0.343 e. The monoisotopic (exact) mass is 368 g/mol. The van der Waals surface area contributed by atoms with E-state index in [2.05, 4.69) is 26.4 Å². The third-order valence-electron chi connectivity index (χ3n) is 5.84. The molecule has 0 N–H and O–H groups in total. The quantitative estimate of drug-likeness (QED) is 0.825. The fourth-order valence-corrected chi connectivity index (χ4v) is 4.15. The molecule has 144 valence electrons. The van der Waals surface area contributed by atoms with Crippen LogP contribution in [-0.4, -0.2) is 54.9 Å². The molecule has 4 heterocycles. The lowest BCUT2D eigenvalue weighted by atomic mass is 9.95. The molecule has 7 nitrogen and oxygen atoms in total. The zero-order valence-corrected chi connectivity index (χ0v) is 16.3. The summed E-state index contributed by atoms with van der Waals surface area (Å²) < 4.78 is 2.20. The average molecular weight is 368 g/mol. The maximum atomic E-state index is 11.5. The normalized spacial score (nSPS) is 18.5. The number of fused-ring (bicyclic) bond motifs is 1. The smallest absolute Gasteiger partial charge is 0.219 e. The van der Waals surface area contributed by atoms with Crippen molar-refractivity contribution < 1.29 is 4.79 Å². The van der Waals surface area contributed by atoms with Gasteiger partial charge in [0, 0.05) is 81.8 Å². The predicted octanol–water partition coefficient (Wildman–Crippen LogP) is 1.98. The van der Waals surface area contributed by atoms with Gasteiger partial charge in [0.25, 0.3) is 0 Å². The van der Waals surface area contributed by atoms with Crippen molar-refractivity contribution in [2.75, 3.05) is 19.6 Å². The van der Waals surface area contributed by atoms with Gasteiger partial charge >= 0.3 is 0 Å². The Labute approximate surface area is 160 Å². The van der Waals surface area contributed by atoms with Crippen LogP contribution in [0, 0.1) is 0 Å². The Balaban J connectivity index is 1.40. The molecule has 0 atom stereocenters. The minimum atomic E-state index is 0.170. The molecule has 0 saturated carbocycles. The summed E-state index contributed by atoms with van der Waals surface area (Å²) in [5, 5.41) is 0. The lowest BCUT2D eigenvalue weighted by Gasteiger charge is -2.31. The third-order valence-corrected chi connectivity index (χ3v) is 5.84. The van der Waals surface area contributed by atoms with Crippen molar-refractivity contribution in [3.63, 3.8) is 0 Å². The SMILES string of the molecule is CCn1ccnc1CN1CCc2nc(C3CCN(C(C)=O)CC3)ncc2C1. The van der Waals surface area contributed by atoms with E-state index in [1.807, 2.05) is 23.5 Å². The molecule has 0 aliphatic carbocycles. The maximum absolute atomic E-state index is 11.5. The van der Waals surface area contributed by atoms with Gasteiger partial charge in [0.1, 0.15) is 11.6 Å². The van der Waals surface area contributed by atoms with Crippen molar-refractivity contribution in [2.45, 2.75) is 58.7 Å². The van der Waals surface area contributed by atoms with E-state index >= 15 is 0 Å². The second kappa shape index (κ2) is 7.76. The summed E-state index contributed by atoms with van der Waals surface area (Å²) in [6.45, 7) is 9.13. The van der Waals surface area contributed by atoms with Crippen molar-refractivity contribution in [3.05, 3.63) is 41.5 Å². The van der Waals surface area contributed by atoms with Gasteiger partial charge in [-0.05, 0) is 19.8 Å². The van der Waals surface area contributed by atoms with Crippen LogP contribution in [0.4, 0.5) is 0 Å². The number of rotatable bonds is 4. The second-order valence-electron chi connectivity index (χ2n) is 7.57. The first kappa shape index (κ1) is 18.1. The summed E-state index contributed by atoms with van der Waals surface area (Å²) >= 11 is 0. The average Bonchev–Trinajstić information content (AvgIpc) is 3.14. The van der Waals surface area contributed by atoms with Gasteiger partial charge in [-0.15, -0.1) is 0 Å². The van der Waals surface area contributed by atoms with E-state index in [-0.39, 0.29) is 5.91 Å². The van der Waals surface area contributed by atoms with E-state index < -0.39 is 0 Å². The van der Waals surface area contributed by atoms with Crippen LogP contribution in [-0.2, 0) is 30.8 Å². The number of imidazole rings is 1. The van der Waals surface area contributed by atoms with E-state index in [0.717, 1.165) is 70.2 Å². The van der Waals surface area contributed by atoms with Gasteiger partial charge < -0.3 is 9.47 Å². The molecule has 2 aliphatic rings. The number of aryl methyl sites for hydroxylation is 1. The Morgan fingerprint density at radius 2 is 2.04 bits per heavy atom. The summed E-state index contributed by atoms with van der Waals surface area (Å²) in [7, 11) is 0. The van der Waals surface area contributed by atoms with E-state index in [4.69, 9.17) is 4.98 Å². The lowest BCUT2D eigenvalue weighted by molar-refractivity contribution is -0.129. The molecule has 0 unspecified atom stereocenters. The highest BCUT2D eigenvalue weighted by Gasteiger charge is 2.26. The van der Waals surface area contributed by atoms with Gasteiger partial charge in [-0.25, -0.2) is 15.0 Å². The molecule has 7 heteroatoms. The van der Waals surface area contributed by atoms with E-state index in [9.17, 15) is 4.79 Å². The number of hydrogen-bond acceptors (Lipinski definition) is 5. The summed E-state index contributed by atoms with van der Waals surface area (Å²) in [6.07, 6.45) is 8.83. The fraction of sp³-hybridized carbons (Fsp3) is 0.600. The fourth-order valence-electron chi connectivity index (χ4n) is 4.15. The van der Waals surface area contributed by atoms with Crippen LogP contribution >= 0.6 is 0 Å². The molecular formula is C20H28N6O. The minimum Gasteiger partial charge on any atom is -0.343 e. The Bertz CT molecular complexity index is 809. The van der Waals surface area contributed by atoms with Crippen molar-refractivity contribution in [1.29, 1.82) is 0 Å². The van der Waals surface area contributed by atoms with E-state index in [1.165, 1.54) is 11.3 Å². The number of aromatic nitrogens is 4. The Hall–Kier alpha value is -2.28. The molecule has 1 amide bonds. The Morgan fingerprint density at radius 1 is 1.22 bits per heavy atom. The molecule has 4 rings (SSSR count). The van der Waals surface area contributed by atoms with Gasteiger partial charge in [-0.2, -0.15) is 0 Å². The van der Waals surface area contributed by atoms with Crippen LogP contribution < -0.4 is 0 Å². The zero-order chi connectivity index (χ0) is 18.8. The number of hydrogen-bond donors (Lipinski definition) is 0. The maximum Gasteiger partial charge on any atom is 0.219 e. The zero-order valence-electron chi connectivity index (χ0n) is 16.3. The molecule has 0 aromatic carbocycles. The number of amides is 1. The first-order valence-corrected chi connectivity index (χ1v) is 9.96. The molecule has 2 aromatic heterocycles. The molecule has 2 aromatic rings. The standard InChI is InChI=1S/C20H28N6O/c1-3-25-11-7-21-19(25)14-24-8-6-18-17(13-24)12-22-20(23-18)16-4-9-26(10-5-16)15(2)27/h7,11-12,16H,3-6,8-10,13-14H2,1-2H3. The van der Waals surface area contributed by atoms with Crippen LogP contribution in [0.1, 0.15) is 55.5 Å². The molecule has 2 aliphatic heterocycles. The van der Waals surface area contributed by atoms with Gasteiger partial charge in [0.2, 0.25) is 5.91 Å². The topological polar surface area (TPSA) is 67.2 Å². The van der Waals surface area contributed by atoms with E-state index in [0.29, 0.717) is 5.92 Å². The predicted molar refractivity (Wildman–Crippen MR) is 102 cm³/mol. The van der Waals surface area contributed by atoms with Crippen LogP contribution in [0.25, 0.3) is 0 Å². The Kier molecular flexibility index (Phi) is 5.20. The molecule has 27 heavy (non-hydrogen) atoms. The summed E-state index contributed by atoms with van der Waals surface area (Å²) in [4.78, 5) is 29.9. The van der Waals surface area contributed by atoms with Crippen LogP contribution in [0.3, 0.4) is 0 Å². The lowest BCUT2D eigenvalue weighted by Crippen LogP contribution is -2.37. The number of nitrogens with zero attached hydrogens (tertiary/aromatic N) is 6. The minimum absolute atomic E-state index is 0.170. The van der Waals surface area contributed by atoms with E-state index in [1.54, 1.807) is 6.92 Å². The molecule has 1 saturated heterocycles. The molecule has 1 fully saturated rings. The van der Waals surface area contributed by atoms with Crippen LogP contribution in [0.2, 0.25) is 0 Å². The Morgan fingerprint density at radius 3 is 2.78 bits per heavy atom. The molecule has 0 radical (unpaired) electrons. The number of piperidine rings is 1. The summed E-state index contributed by atoms with van der Waals surface area (Å²) in [5.41, 5.74) is 2.44. The van der Waals surface area contributed by atoms with Gasteiger partial charge in [0.15, 0.2) is 0 Å². The van der Waals surface area contributed by atoms with Crippen molar-refractivity contribution in [1.82, 2.24) is 29.3 Å². The van der Waals surface area contributed by atoms with Crippen LogP contribution in [0.5, 0.6) is 0 Å². The number of likely N-dealkylation sites (tertiary alicyclic amines) is 1. The van der Waals surface area contributed by atoms with Crippen molar-refractivity contribution in [2.24, 2.45) is 0 Å². The van der Waals surface area contributed by atoms with Gasteiger partial charge in [-0.3, -0.25) is 9.69 Å². The number of carbonyl (C=O) groups is 1. The molecule has 0 spiro atoms. The highest BCUT2D eigenvalue weighted by molar-refractivity contribution is 5.73. The van der Waals surface area contributed by atoms with Crippen LogP contribution in [0.15, 0.2) is 18.6 Å². The van der Waals surface area contributed by atoms with Crippen molar-refractivity contribution >= 4 is 5.91 Å².